The lowest BCUT2D eigenvalue weighted by atomic mass is 9.95. The summed E-state index contributed by atoms with van der Waals surface area (Å²) in [6, 6.07) is 7.58. The van der Waals surface area contributed by atoms with Crippen LogP contribution in [0.25, 0.3) is 0 Å². The highest BCUT2D eigenvalue weighted by Crippen LogP contribution is 2.32. The van der Waals surface area contributed by atoms with Crippen LogP contribution in [-0.4, -0.2) is 58.6 Å². The van der Waals surface area contributed by atoms with E-state index in [1.165, 1.54) is 0 Å². The number of rotatable bonds is 5. The summed E-state index contributed by atoms with van der Waals surface area (Å²) in [4.78, 5) is 41.3. The van der Waals surface area contributed by atoms with Gasteiger partial charge in [-0.1, -0.05) is 12.1 Å². The van der Waals surface area contributed by atoms with Gasteiger partial charge in [0.1, 0.15) is 0 Å². The first-order chi connectivity index (χ1) is 14.9. The summed E-state index contributed by atoms with van der Waals surface area (Å²) in [5.74, 6) is -0.0460. The van der Waals surface area contributed by atoms with E-state index < -0.39 is 0 Å². The molecule has 164 valence electrons. The van der Waals surface area contributed by atoms with Crippen molar-refractivity contribution in [3.05, 3.63) is 46.7 Å². The van der Waals surface area contributed by atoms with Crippen LogP contribution in [0.3, 0.4) is 0 Å². The zero-order valence-electron chi connectivity index (χ0n) is 17.5. The summed E-state index contributed by atoms with van der Waals surface area (Å²) in [5, 5.41) is 6.98. The van der Waals surface area contributed by atoms with E-state index in [1.807, 2.05) is 29.2 Å². The van der Waals surface area contributed by atoms with Gasteiger partial charge in [0, 0.05) is 50.3 Å². The minimum atomic E-state index is -0.304. The van der Waals surface area contributed by atoms with Crippen molar-refractivity contribution in [3.63, 3.8) is 0 Å². The van der Waals surface area contributed by atoms with Gasteiger partial charge in [0.05, 0.1) is 23.4 Å². The molecule has 1 N–H and O–H groups in total. The van der Waals surface area contributed by atoms with E-state index in [0.29, 0.717) is 37.7 Å². The monoisotopic (exact) mass is 487 g/mol. The first-order valence-electron chi connectivity index (χ1n) is 10.5. The van der Waals surface area contributed by atoms with Gasteiger partial charge < -0.3 is 15.1 Å². The Bertz CT molecular complexity index is 983. The number of hydrogen-bond donors (Lipinski definition) is 1. The molecular weight excluding hydrogens is 462 g/mol. The highest BCUT2D eigenvalue weighted by atomic mass is 79.9. The number of anilines is 1. The molecule has 0 radical (unpaired) electrons. The number of aromatic nitrogens is 2. The largest absolute Gasteiger partial charge is 0.352 e. The Balaban J connectivity index is 1.26. The maximum atomic E-state index is 13.0. The summed E-state index contributed by atoms with van der Waals surface area (Å²) < 4.78 is 2.45. The maximum absolute atomic E-state index is 13.0. The molecule has 0 saturated carbocycles. The number of halogens is 1. The molecular formula is C22H26BrN5O3. The number of hydrogen-bond acceptors (Lipinski definition) is 4. The second kappa shape index (κ2) is 9.21. The van der Waals surface area contributed by atoms with E-state index >= 15 is 0 Å². The van der Waals surface area contributed by atoms with Gasteiger partial charge >= 0.3 is 0 Å². The Labute approximate surface area is 189 Å². The molecule has 1 unspecified atom stereocenters. The zero-order chi connectivity index (χ0) is 22.0. The molecule has 2 aromatic rings. The summed E-state index contributed by atoms with van der Waals surface area (Å²) in [6.45, 7) is 2.33. The molecule has 0 bridgehead atoms. The summed E-state index contributed by atoms with van der Waals surface area (Å²) in [6.07, 6.45) is 5.18. The molecule has 31 heavy (non-hydrogen) atoms. The number of carbonyl (C=O) groups excluding carboxylic acids is 3. The predicted octanol–water partition coefficient (Wildman–Crippen LogP) is 2.20. The van der Waals surface area contributed by atoms with Crippen LogP contribution in [0.5, 0.6) is 0 Å². The minimum absolute atomic E-state index is 0.0155. The number of piperidine rings is 1. The van der Waals surface area contributed by atoms with Gasteiger partial charge in [-0.05, 0) is 46.8 Å². The summed E-state index contributed by atoms with van der Waals surface area (Å²) >= 11 is 3.49. The first kappa shape index (κ1) is 21.5. The third-order valence-electron chi connectivity index (χ3n) is 6.06. The molecule has 2 fully saturated rings. The fraction of sp³-hybridized carbons (Fsp3) is 0.455. The lowest BCUT2D eigenvalue weighted by molar-refractivity contribution is -0.137. The number of amides is 3. The van der Waals surface area contributed by atoms with Crippen molar-refractivity contribution in [2.45, 2.75) is 19.3 Å². The fourth-order valence-electron chi connectivity index (χ4n) is 4.27. The van der Waals surface area contributed by atoms with Crippen molar-refractivity contribution in [2.75, 3.05) is 31.1 Å². The molecule has 3 amide bonds. The van der Waals surface area contributed by atoms with Crippen LogP contribution in [-0.2, 0) is 16.6 Å². The molecule has 0 spiro atoms. The van der Waals surface area contributed by atoms with Gasteiger partial charge in [-0.25, -0.2) is 0 Å². The third-order valence-corrected chi connectivity index (χ3v) is 6.73. The standard InChI is InChI=1S/C22H26BrN5O3/c1-26-13-17(12-25-26)21(30)24-11-15-6-8-27(9-7-15)22(31)16-10-20(29)28(14-16)19-5-3-2-4-18(19)23/h2-5,12-13,15-16H,6-11,14H2,1H3,(H,24,30). The summed E-state index contributed by atoms with van der Waals surface area (Å²) in [7, 11) is 1.78. The van der Waals surface area contributed by atoms with Gasteiger partial charge in [-0.2, -0.15) is 5.10 Å². The van der Waals surface area contributed by atoms with E-state index in [2.05, 4.69) is 26.3 Å². The molecule has 4 rings (SSSR count). The predicted molar refractivity (Wildman–Crippen MR) is 119 cm³/mol. The Kier molecular flexibility index (Phi) is 6.41. The Morgan fingerprint density at radius 1 is 1.23 bits per heavy atom. The van der Waals surface area contributed by atoms with Gasteiger partial charge in [0.2, 0.25) is 11.8 Å². The number of nitrogens with zero attached hydrogens (tertiary/aromatic N) is 4. The lowest BCUT2D eigenvalue weighted by Gasteiger charge is -2.33. The molecule has 2 aliphatic heterocycles. The van der Waals surface area contributed by atoms with Crippen LogP contribution in [0, 0.1) is 11.8 Å². The number of benzene rings is 1. The van der Waals surface area contributed by atoms with E-state index in [-0.39, 0.29) is 30.1 Å². The number of carbonyl (C=O) groups is 3. The minimum Gasteiger partial charge on any atom is -0.352 e. The van der Waals surface area contributed by atoms with Crippen LogP contribution < -0.4 is 10.2 Å². The molecule has 0 aliphatic carbocycles. The van der Waals surface area contributed by atoms with Crippen LogP contribution in [0.1, 0.15) is 29.6 Å². The number of nitrogens with one attached hydrogen (secondary N) is 1. The maximum Gasteiger partial charge on any atom is 0.254 e. The molecule has 2 aliphatic rings. The second-order valence-electron chi connectivity index (χ2n) is 8.24. The third kappa shape index (κ3) is 4.81. The average molecular weight is 488 g/mol. The van der Waals surface area contributed by atoms with Crippen LogP contribution >= 0.6 is 15.9 Å². The van der Waals surface area contributed by atoms with E-state index in [1.54, 1.807) is 29.0 Å². The van der Waals surface area contributed by atoms with Crippen molar-refractivity contribution in [2.24, 2.45) is 18.9 Å². The van der Waals surface area contributed by atoms with Gasteiger partial charge in [0.25, 0.3) is 5.91 Å². The van der Waals surface area contributed by atoms with Gasteiger partial charge in [-0.15, -0.1) is 0 Å². The van der Waals surface area contributed by atoms with Crippen molar-refractivity contribution in [1.82, 2.24) is 20.0 Å². The van der Waals surface area contributed by atoms with Gasteiger partial charge in [0.15, 0.2) is 0 Å². The van der Waals surface area contributed by atoms with Crippen molar-refractivity contribution < 1.29 is 14.4 Å². The topological polar surface area (TPSA) is 87.5 Å². The number of likely N-dealkylation sites (tertiary alicyclic amines) is 1. The van der Waals surface area contributed by atoms with E-state index in [0.717, 1.165) is 23.0 Å². The molecule has 9 heteroatoms. The zero-order valence-corrected chi connectivity index (χ0v) is 19.0. The normalized spacial score (nSPS) is 19.7. The lowest BCUT2D eigenvalue weighted by Crippen LogP contribution is -2.44. The highest BCUT2D eigenvalue weighted by molar-refractivity contribution is 9.10. The van der Waals surface area contributed by atoms with Crippen molar-refractivity contribution in [1.29, 1.82) is 0 Å². The first-order valence-corrected chi connectivity index (χ1v) is 11.3. The van der Waals surface area contributed by atoms with E-state index in [4.69, 9.17) is 0 Å². The Hall–Kier alpha value is -2.68. The quantitative estimate of drug-likeness (QED) is 0.700. The molecule has 2 saturated heterocycles. The number of aryl methyl sites for hydroxylation is 1. The molecule has 8 nitrogen and oxygen atoms in total. The molecule has 3 heterocycles. The molecule has 1 aromatic carbocycles. The average Bonchev–Trinajstić information content (AvgIpc) is 3.38. The van der Waals surface area contributed by atoms with E-state index in [9.17, 15) is 14.4 Å². The second-order valence-corrected chi connectivity index (χ2v) is 9.09. The highest BCUT2D eigenvalue weighted by Gasteiger charge is 2.38. The Morgan fingerprint density at radius 2 is 1.97 bits per heavy atom. The summed E-state index contributed by atoms with van der Waals surface area (Å²) in [5.41, 5.74) is 1.36. The SMILES string of the molecule is Cn1cc(C(=O)NCC2CCN(C(=O)C3CC(=O)N(c4ccccc4Br)C3)CC2)cn1. The Morgan fingerprint density at radius 3 is 2.65 bits per heavy atom. The molecule has 1 aromatic heterocycles. The van der Waals surface area contributed by atoms with Crippen LogP contribution in [0.2, 0.25) is 0 Å². The fourth-order valence-corrected chi connectivity index (χ4v) is 4.77. The smallest absolute Gasteiger partial charge is 0.254 e. The van der Waals surface area contributed by atoms with Crippen molar-refractivity contribution in [3.8, 4) is 0 Å². The number of para-hydroxylation sites is 1. The van der Waals surface area contributed by atoms with Crippen LogP contribution in [0.15, 0.2) is 41.1 Å². The van der Waals surface area contributed by atoms with Gasteiger partial charge in [-0.3, -0.25) is 19.1 Å². The van der Waals surface area contributed by atoms with Crippen molar-refractivity contribution >= 4 is 39.3 Å². The van der Waals surface area contributed by atoms with Crippen LogP contribution in [0.4, 0.5) is 5.69 Å². The molecule has 1 atom stereocenters.